The minimum Gasteiger partial charge on any atom is -0.425 e. The summed E-state index contributed by atoms with van der Waals surface area (Å²) in [5.74, 6) is -0.891. The number of pyridine rings is 1. The zero-order valence-electron chi connectivity index (χ0n) is 7.08. The summed E-state index contributed by atoms with van der Waals surface area (Å²) in [5, 5.41) is 0. The number of ether oxygens (including phenoxy) is 1. The van der Waals surface area contributed by atoms with Crippen molar-refractivity contribution in [3.63, 3.8) is 0 Å². The van der Waals surface area contributed by atoms with E-state index in [1.807, 2.05) is 0 Å². The number of esters is 1. The molecule has 68 valence electrons. The van der Waals surface area contributed by atoms with Crippen molar-refractivity contribution in [1.29, 1.82) is 0 Å². The van der Waals surface area contributed by atoms with E-state index in [1.54, 1.807) is 0 Å². The van der Waals surface area contributed by atoms with Crippen LogP contribution in [0.3, 0.4) is 0 Å². The Kier molecular flexibility index (Phi) is 2.74. The Balaban J connectivity index is 2.99. The average Bonchev–Trinajstić information content (AvgIpc) is 2.07. The standard InChI is InChI=1S/C9H8FNO2/c1-3-7-4-8(13-6(2)12)5-11-9(7)10/h3-5H,1H2,2H3. The van der Waals surface area contributed by atoms with E-state index in [9.17, 15) is 9.18 Å². The maximum Gasteiger partial charge on any atom is 0.308 e. The zero-order chi connectivity index (χ0) is 9.84. The third-order valence-electron chi connectivity index (χ3n) is 1.32. The Labute approximate surface area is 74.9 Å². The fourth-order valence-electron chi connectivity index (χ4n) is 0.810. The second kappa shape index (κ2) is 3.80. The molecule has 1 rings (SSSR count). The molecule has 0 aromatic carbocycles. The molecule has 0 spiro atoms. The molecular weight excluding hydrogens is 173 g/mol. The molecule has 0 N–H and O–H groups in total. The Morgan fingerprint density at radius 1 is 1.77 bits per heavy atom. The lowest BCUT2D eigenvalue weighted by Gasteiger charge is -2.01. The third kappa shape index (κ3) is 2.37. The van der Waals surface area contributed by atoms with Crippen LogP contribution < -0.4 is 4.74 Å². The summed E-state index contributed by atoms with van der Waals surface area (Å²) in [4.78, 5) is 13.9. The highest BCUT2D eigenvalue weighted by molar-refractivity contribution is 5.69. The van der Waals surface area contributed by atoms with Gasteiger partial charge in [-0.3, -0.25) is 4.79 Å². The molecule has 0 aliphatic carbocycles. The molecule has 0 atom stereocenters. The molecule has 0 amide bonds. The minimum atomic E-state index is -0.633. The van der Waals surface area contributed by atoms with Gasteiger partial charge < -0.3 is 4.74 Å². The number of hydrogen-bond donors (Lipinski definition) is 0. The number of carbonyl (C=O) groups excluding carboxylic acids is 1. The smallest absolute Gasteiger partial charge is 0.308 e. The highest BCUT2D eigenvalue weighted by atomic mass is 19.1. The van der Waals surface area contributed by atoms with Crippen LogP contribution in [0.25, 0.3) is 6.08 Å². The SMILES string of the molecule is C=Cc1cc(OC(C)=O)cnc1F. The molecule has 0 aliphatic rings. The van der Waals surface area contributed by atoms with Gasteiger partial charge in [0.15, 0.2) is 0 Å². The topological polar surface area (TPSA) is 39.2 Å². The van der Waals surface area contributed by atoms with Crippen LogP contribution in [-0.4, -0.2) is 11.0 Å². The van der Waals surface area contributed by atoms with Crippen LogP contribution in [0.5, 0.6) is 5.75 Å². The van der Waals surface area contributed by atoms with Gasteiger partial charge in [0.05, 0.1) is 6.20 Å². The largest absolute Gasteiger partial charge is 0.425 e. The summed E-state index contributed by atoms with van der Waals surface area (Å²) in [7, 11) is 0. The van der Waals surface area contributed by atoms with Gasteiger partial charge in [-0.15, -0.1) is 0 Å². The van der Waals surface area contributed by atoms with Gasteiger partial charge in [0.1, 0.15) is 5.75 Å². The molecule has 3 nitrogen and oxygen atoms in total. The van der Waals surface area contributed by atoms with Gasteiger partial charge in [0.25, 0.3) is 0 Å². The monoisotopic (exact) mass is 181 g/mol. The predicted octanol–water partition coefficient (Wildman–Crippen LogP) is 1.79. The lowest BCUT2D eigenvalue weighted by Crippen LogP contribution is -2.02. The van der Waals surface area contributed by atoms with Crippen molar-refractivity contribution in [2.45, 2.75) is 6.92 Å². The first-order chi connectivity index (χ1) is 6.13. The Morgan fingerprint density at radius 2 is 2.46 bits per heavy atom. The zero-order valence-corrected chi connectivity index (χ0v) is 7.08. The van der Waals surface area contributed by atoms with Crippen molar-refractivity contribution >= 4 is 12.0 Å². The number of aromatic nitrogens is 1. The summed E-state index contributed by atoms with van der Waals surface area (Å²) in [5.41, 5.74) is 0.207. The number of rotatable bonds is 2. The number of hydrogen-bond acceptors (Lipinski definition) is 3. The fourth-order valence-corrected chi connectivity index (χ4v) is 0.810. The highest BCUT2D eigenvalue weighted by Gasteiger charge is 2.03. The van der Waals surface area contributed by atoms with Crippen LogP contribution in [0, 0.1) is 5.95 Å². The van der Waals surface area contributed by atoms with E-state index in [2.05, 4.69) is 11.6 Å². The van der Waals surface area contributed by atoms with Crippen LogP contribution in [0.15, 0.2) is 18.8 Å². The predicted molar refractivity (Wildman–Crippen MR) is 45.6 cm³/mol. The Hall–Kier alpha value is -1.71. The Morgan fingerprint density at radius 3 is 3.00 bits per heavy atom. The molecule has 0 unspecified atom stereocenters. The molecule has 0 saturated carbocycles. The van der Waals surface area contributed by atoms with Crippen molar-refractivity contribution < 1.29 is 13.9 Å². The Bertz CT molecular complexity index is 349. The maximum absolute atomic E-state index is 12.8. The molecule has 0 fully saturated rings. The summed E-state index contributed by atoms with van der Waals surface area (Å²) in [6.45, 7) is 4.65. The fraction of sp³-hybridized carbons (Fsp3) is 0.111. The van der Waals surface area contributed by atoms with E-state index in [-0.39, 0.29) is 11.3 Å². The summed E-state index contributed by atoms with van der Waals surface area (Å²) in [6, 6.07) is 1.36. The normalized spacial score (nSPS) is 9.38. The first-order valence-corrected chi connectivity index (χ1v) is 3.60. The second-order valence-electron chi connectivity index (χ2n) is 2.35. The van der Waals surface area contributed by atoms with E-state index in [0.29, 0.717) is 0 Å². The quantitative estimate of drug-likeness (QED) is 0.515. The molecular formula is C9H8FNO2. The van der Waals surface area contributed by atoms with Crippen molar-refractivity contribution in [1.82, 2.24) is 4.98 Å². The van der Waals surface area contributed by atoms with Gasteiger partial charge >= 0.3 is 5.97 Å². The van der Waals surface area contributed by atoms with Crippen molar-refractivity contribution in [2.24, 2.45) is 0 Å². The van der Waals surface area contributed by atoms with Gasteiger partial charge in [0, 0.05) is 12.5 Å². The van der Waals surface area contributed by atoms with Gasteiger partial charge in [0.2, 0.25) is 5.95 Å². The summed E-state index contributed by atoms with van der Waals surface area (Å²) >= 11 is 0. The number of carbonyl (C=O) groups is 1. The van der Waals surface area contributed by atoms with E-state index in [4.69, 9.17) is 4.74 Å². The molecule has 0 aliphatic heterocycles. The second-order valence-corrected chi connectivity index (χ2v) is 2.35. The van der Waals surface area contributed by atoms with Crippen molar-refractivity contribution in [3.8, 4) is 5.75 Å². The minimum absolute atomic E-state index is 0.207. The van der Waals surface area contributed by atoms with Gasteiger partial charge in [-0.05, 0) is 6.07 Å². The van der Waals surface area contributed by atoms with E-state index in [0.717, 1.165) is 6.20 Å². The average molecular weight is 181 g/mol. The molecule has 1 aromatic heterocycles. The lowest BCUT2D eigenvalue weighted by atomic mass is 10.3. The lowest BCUT2D eigenvalue weighted by molar-refractivity contribution is -0.131. The van der Waals surface area contributed by atoms with Gasteiger partial charge in [-0.1, -0.05) is 12.7 Å². The molecule has 4 heteroatoms. The highest BCUT2D eigenvalue weighted by Crippen LogP contribution is 2.15. The van der Waals surface area contributed by atoms with Crippen LogP contribution in [0.4, 0.5) is 4.39 Å². The van der Waals surface area contributed by atoms with Crippen LogP contribution in [0.2, 0.25) is 0 Å². The van der Waals surface area contributed by atoms with Crippen molar-refractivity contribution in [2.75, 3.05) is 0 Å². The third-order valence-corrected chi connectivity index (χ3v) is 1.32. The summed E-state index contributed by atoms with van der Waals surface area (Å²) in [6.07, 6.45) is 2.44. The molecule has 0 saturated heterocycles. The maximum atomic E-state index is 12.8. The van der Waals surface area contributed by atoms with Crippen LogP contribution in [0.1, 0.15) is 12.5 Å². The van der Waals surface area contributed by atoms with Crippen LogP contribution in [-0.2, 0) is 4.79 Å². The van der Waals surface area contributed by atoms with E-state index >= 15 is 0 Å². The molecule has 0 radical (unpaired) electrons. The molecule has 1 heterocycles. The number of nitrogens with zero attached hydrogens (tertiary/aromatic N) is 1. The van der Waals surface area contributed by atoms with Crippen molar-refractivity contribution in [3.05, 3.63) is 30.4 Å². The first kappa shape index (κ1) is 9.38. The molecule has 0 bridgehead atoms. The van der Waals surface area contributed by atoms with Gasteiger partial charge in [-0.25, -0.2) is 4.98 Å². The van der Waals surface area contributed by atoms with E-state index < -0.39 is 11.9 Å². The van der Waals surface area contributed by atoms with E-state index in [1.165, 1.54) is 19.1 Å². The summed E-state index contributed by atoms with van der Waals surface area (Å²) < 4.78 is 17.5. The van der Waals surface area contributed by atoms with Crippen LogP contribution >= 0.6 is 0 Å². The molecule has 13 heavy (non-hydrogen) atoms. The van der Waals surface area contributed by atoms with Gasteiger partial charge in [-0.2, -0.15) is 4.39 Å². The first-order valence-electron chi connectivity index (χ1n) is 3.60. The molecule has 1 aromatic rings. The number of halogens is 1.